The van der Waals surface area contributed by atoms with Crippen LogP contribution in [0.15, 0.2) is 54.6 Å². The summed E-state index contributed by atoms with van der Waals surface area (Å²) in [6.45, 7) is 4.78. The SMILES string of the molecule is COC(=O)C[C@@H]1COc2cc(CCc3cccc(-c4c(C)cccc4C)c3Cl)ccc21. The monoisotopic (exact) mass is 434 g/mol. The third-order valence-electron chi connectivity index (χ3n) is 6.11. The third-order valence-corrected chi connectivity index (χ3v) is 6.56. The third kappa shape index (κ3) is 4.47. The summed E-state index contributed by atoms with van der Waals surface area (Å²) in [5.41, 5.74) is 8.21. The molecule has 0 radical (unpaired) electrons. The van der Waals surface area contributed by atoms with E-state index in [0.29, 0.717) is 13.0 Å². The van der Waals surface area contributed by atoms with Crippen LogP contribution in [0.4, 0.5) is 0 Å². The van der Waals surface area contributed by atoms with E-state index in [1.807, 2.05) is 0 Å². The van der Waals surface area contributed by atoms with Gasteiger partial charge in [-0.15, -0.1) is 0 Å². The molecule has 0 unspecified atom stereocenters. The molecule has 0 aromatic heterocycles. The van der Waals surface area contributed by atoms with Crippen molar-refractivity contribution in [2.24, 2.45) is 0 Å². The van der Waals surface area contributed by atoms with E-state index in [0.717, 1.165) is 40.3 Å². The fourth-order valence-electron chi connectivity index (χ4n) is 4.41. The van der Waals surface area contributed by atoms with Gasteiger partial charge < -0.3 is 9.47 Å². The number of hydrogen-bond donors (Lipinski definition) is 0. The van der Waals surface area contributed by atoms with Crippen molar-refractivity contribution in [1.82, 2.24) is 0 Å². The summed E-state index contributed by atoms with van der Waals surface area (Å²) < 4.78 is 10.6. The molecule has 1 aliphatic rings. The maximum atomic E-state index is 11.6. The van der Waals surface area contributed by atoms with E-state index in [2.05, 4.69) is 68.4 Å². The molecule has 4 rings (SSSR count). The Hall–Kier alpha value is -2.78. The zero-order chi connectivity index (χ0) is 22.0. The van der Waals surface area contributed by atoms with Gasteiger partial charge >= 0.3 is 5.97 Å². The van der Waals surface area contributed by atoms with Crippen molar-refractivity contribution >= 4 is 17.6 Å². The summed E-state index contributed by atoms with van der Waals surface area (Å²) in [4.78, 5) is 11.6. The Bertz CT molecular complexity index is 1100. The normalized spacial score (nSPS) is 14.8. The number of methoxy groups -OCH3 is 1. The standard InChI is InChI=1S/C27H27ClO3/c1-17-6-4-7-18(2)26(17)23-9-5-8-20(27(23)28)12-10-19-11-13-22-21(15-25(29)30-3)16-31-24(22)14-19/h4-9,11,13-14,21H,10,12,15-16H2,1-3H3/t21-/m1/s1. The second kappa shape index (κ2) is 9.15. The molecule has 0 spiro atoms. The summed E-state index contributed by atoms with van der Waals surface area (Å²) in [6.07, 6.45) is 2.07. The molecule has 0 fully saturated rings. The quantitative estimate of drug-likeness (QED) is 0.418. The molecule has 3 aromatic carbocycles. The molecule has 0 saturated heterocycles. The highest BCUT2D eigenvalue weighted by atomic mass is 35.5. The van der Waals surface area contributed by atoms with Gasteiger partial charge in [0, 0.05) is 17.0 Å². The van der Waals surface area contributed by atoms with Gasteiger partial charge in [0.2, 0.25) is 0 Å². The molecule has 0 bridgehead atoms. The lowest BCUT2D eigenvalue weighted by molar-refractivity contribution is -0.141. The van der Waals surface area contributed by atoms with E-state index >= 15 is 0 Å². The molecule has 31 heavy (non-hydrogen) atoms. The summed E-state index contributed by atoms with van der Waals surface area (Å²) in [7, 11) is 1.42. The number of esters is 1. The molecule has 1 heterocycles. The Morgan fingerprint density at radius 1 is 1.06 bits per heavy atom. The average Bonchev–Trinajstić information content (AvgIpc) is 3.15. The van der Waals surface area contributed by atoms with Crippen molar-refractivity contribution in [2.75, 3.05) is 13.7 Å². The first-order valence-corrected chi connectivity index (χ1v) is 11.0. The number of fused-ring (bicyclic) bond motifs is 1. The van der Waals surface area contributed by atoms with Crippen molar-refractivity contribution < 1.29 is 14.3 Å². The molecular formula is C27H27ClO3. The predicted octanol–water partition coefficient (Wildman–Crippen LogP) is 6.45. The summed E-state index contributed by atoms with van der Waals surface area (Å²) in [5.74, 6) is 0.741. The highest BCUT2D eigenvalue weighted by Crippen LogP contribution is 2.38. The lowest BCUT2D eigenvalue weighted by Gasteiger charge is -2.14. The molecule has 0 saturated carbocycles. The second-order valence-electron chi connectivity index (χ2n) is 8.21. The van der Waals surface area contributed by atoms with Gasteiger partial charge in [-0.25, -0.2) is 0 Å². The minimum atomic E-state index is -0.205. The van der Waals surface area contributed by atoms with Crippen LogP contribution in [0.25, 0.3) is 11.1 Å². The first-order chi connectivity index (χ1) is 15.0. The molecular weight excluding hydrogens is 408 g/mol. The molecule has 0 amide bonds. The molecule has 0 aliphatic carbocycles. The topological polar surface area (TPSA) is 35.5 Å². The smallest absolute Gasteiger partial charge is 0.306 e. The summed E-state index contributed by atoms with van der Waals surface area (Å²) >= 11 is 6.86. The molecule has 160 valence electrons. The first kappa shape index (κ1) is 21.5. The molecule has 1 aliphatic heterocycles. The number of ether oxygens (including phenoxy) is 2. The van der Waals surface area contributed by atoms with E-state index in [4.69, 9.17) is 21.1 Å². The van der Waals surface area contributed by atoms with E-state index in [9.17, 15) is 4.79 Å². The van der Waals surface area contributed by atoms with Gasteiger partial charge in [-0.3, -0.25) is 4.79 Å². The predicted molar refractivity (Wildman–Crippen MR) is 125 cm³/mol. The van der Waals surface area contributed by atoms with Crippen LogP contribution in [0.2, 0.25) is 5.02 Å². The number of halogens is 1. The van der Waals surface area contributed by atoms with Crippen molar-refractivity contribution in [3.8, 4) is 16.9 Å². The number of carbonyl (C=O) groups is 1. The van der Waals surface area contributed by atoms with E-state index in [1.165, 1.54) is 29.4 Å². The number of carbonyl (C=O) groups excluding carboxylic acids is 1. The first-order valence-electron chi connectivity index (χ1n) is 10.6. The Labute approximate surface area is 189 Å². The van der Waals surface area contributed by atoms with Crippen LogP contribution < -0.4 is 4.74 Å². The van der Waals surface area contributed by atoms with Crippen LogP contribution in [-0.2, 0) is 22.4 Å². The van der Waals surface area contributed by atoms with Crippen LogP contribution >= 0.6 is 11.6 Å². The molecule has 3 aromatic rings. The lowest BCUT2D eigenvalue weighted by Crippen LogP contribution is -2.09. The van der Waals surface area contributed by atoms with Crippen molar-refractivity contribution in [3.63, 3.8) is 0 Å². The molecule has 4 heteroatoms. The van der Waals surface area contributed by atoms with Crippen LogP contribution in [0.5, 0.6) is 5.75 Å². The van der Waals surface area contributed by atoms with Gasteiger partial charge in [0.25, 0.3) is 0 Å². The summed E-state index contributed by atoms with van der Waals surface area (Å²) in [5, 5.41) is 0.829. The fourth-order valence-corrected chi connectivity index (χ4v) is 4.73. The van der Waals surface area contributed by atoms with E-state index < -0.39 is 0 Å². The van der Waals surface area contributed by atoms with Gasteiger partial charge in [-0.05, 0) is 60.6 Å². The highest BCUT2D eigenvalue weighted by molar-refractivity contribution is 6.34. The van der Waals surface area contributed by atoms with Crippen LogP contribution in [-0.4, -0.2) is 19.7 Å². The minimum absolute atomic E-state index is 0.0694. The number of hydrogen-bond acceptors (Lipinski definition) is 3. The van der Waals surface area contributed by atoms with Gasteiger partial charge in [0.05, 0.1) is 25.2 Å². The second-order valence-corrected chi connectivity index (χ2v) is 8.58. The maximum Gasteiger partial charge on any atom is 0.306 e. The Morgan fingerprint density at radius 2 is 1.81 bits per heavy atom. The lowest BCUT2D eigenvalue weighted by atomic mass is 9.92. The van der Waals surface area contributed by atoms with Crippen LogP contribution in [0.1, 0.15) is 40.2 Å². The van der Waals surface area contributed by atoms with Gasteiger partial charge in [-0.2, -0.15) is 0 Å². The van der Waals surface area contributed by atoms with Gasteiger partial charge in [-0.1, -0.05) is 60.1 Å². The zero-order valence-corrected chi connectivity index (χ0v) is 19.0. The zero-order valence-electron chi connectivity index (χ0n) is 18.2. The fraction of sp³-hybridized carbons (Fsp3) is 0.296. The van der Waals surface area contributed by atoms with Gasteiger partial charge in [0.1, 0.15) is 5.75 Å². The van der Waals surface area contributed by atoms with Gasteiger partial charge in [0.15, 0.2) is 0 Å². The molecule has 0 N–H and O–H groups in total. The van der Waals surface area contributed by atoms with Crippen LogP contribution in [0.3, 0.4) is 0 Å². The minimum Gasteiger partial charge on any atom is -0.493 e. The van der Waals surface area contributed by atoms with E-state index in [1.54, 1.807) is 0 Å². The number of benzene rings is 3. The molecule has 3 nitrogen and oxygen atoms in total. The Morgan fingerprint density at radius 3 is 2.55 bits per heavy atom. The van der Waals surface area contributed by atoms with Crippen molar-refractivity contribution in [3.05, 3.63) is 87.4 Å². The van der Waals surface area contributed by atoms with E-state index in [-0.39, 0.29) is 11.9 Å². The van der Waals surface area contributed by atoms with Crippen molar-refractivity contribution in [1.29, 1.82) is 0 Å². The Balaban J connectivity index is 1.51. The number of rotatable bonds is 6. The highest BCUT2D eigenvalue weighted by Gasteiger charge is 2.27. The number of aryl methyl sites for hydroxylation is 4. The summed E-state index contributed by atoms with van der Waals surface area (Å²) in [6, 6.07) is 18.9. The maximum absolute atomic E-state index is 11.6. The van der Waals surface area contributed by atoms with Crippen molar-refractivity contribution in [2.45, 2.75) is 39.0 Å². The Kier molecular flexibility index (Phi) is 6.33. The molecule has 1 atom stereocenters. The largest absolute Gasteiger partial charge is 0.493 e. The average molecular weight is 435 g/mol. The van der Waals surface area contributed by atoms with Crippen LogP contribution in [0, 0.1) is 13.8 Å².